The lowest BCUT2D eigenvalue weighted by atomic mass is 10.5. The van der Waals surface area contributed by atoms with Gasteiger partial charge < -0.3 is 10.7 Å². The minimum Gasteiger partial charge on any atom is -0.332 e. The summed E-state index contributed by atoms with van der Waals surface area (Å²) >= 11 is 1.14. The molecule has 9 heteroatoms. The van der Waals surface area contributed by atoms with Crippen LogP contribution in [0.2, 0.25) is 0 Å². The first-order valence-corrected chi connectivity index (χ1v) is 8.06. The molecule has 0 saturated heterocycles. The van der Waals surface area contributed by atoms with Gasteiger partial charge in [-0.3, -0.25) is 4.72 Å². The molecule has 2 aromatic heterocycles. The number of aromatic nitrogens is 3. The van der Waals surface area contributed by atoms with E-state index in [0.717, 1.165) is 11.3 Å². The van der Waals surface area contributed by atoms with Gasteiger partial charge in [0.1, 0.15) is 5.82 Å². The summed E-state index contributed by atoms with van der Waals surface area (Å²) < 4.78 is 26.5. The van der Waals surface area contributed by atoms with Crippen molar-refractivity contribution < 1.29 is 8.42 Å². The largest absolute Gasteiger partial charge is 0.332 e. The minimum absolute atomic E-state index is 0.0131. The fraction of sp³-hybridized carbons (Fsp3) is 0.273. The molecule has 106 valence electrons. The molecule has 4 N–H and O–H groups in total. The molecule has 2 rings (SSSR count). The Morgan fingerprint density at radius 1 is 1.45 bits per heavy atom. The van der Waals surface area contributed by atoms with E-state index in [0.29, 0.717) is 17.1 Å². The average Bonchev–Trinajstić information content (AvgIpc) is 3.04. The molecule has 0 aliphatic rings. The Balaban J connectivity index is 2.17. The van der Waals surface area contributed by atoms with Gasteiger partial charge in [-0.05, 0) is 0 Å². The van der Waals surface area contributed by atoms with Crippen molar-refractivity contribution in [3.8, 4) is 11.8 Å². The van der Waals surface area contributed by atoms with Crippen molar-refractivity contribution >= 4 is 26.5 Å². The number of hydrogen-bond acceptors (Lipinski definition) is 6. The van der Waals surface area contributed by atoms with Crippen LogP contribution in [0, 0.1) is 11.8 Å². The Morgan fingerprint density at radius 2 is 2.25 bits per heavy atom. The second-order valence-electron chi connectivity index (χ2n) is 3.69. The van der Waals surface area contributed by atoms with Crippen LogP contribution < -0.4 is 10.5 Å². The lowest BCUT2D eigenvalue weighted by Crippen LogP contribution is -2.13. The van der Waals surface area contributed by atoms with E-state index < -0.39 is 10.0 Å². The summed E-state index contributed by atoms with van der Waals surface area (Å²) in [5.74, 6) is 6.08. The molecule has 20 heavy (non-hydrogen) atoms. The Hall–Kier alpha value is -1.89. The van der Waals surface area contributed by atoms with Crippen LogP contribution in [-0.4, -0.2) is 29.9 Å². The number of nitrogens with zero attached hydrogens (tertiary/aromatic N) is 2. The summed E-state index contributed by atoms with van der Waals surface area (Å²) in [6, 6.07) is 0. The van der Waals surface area contributed by atoms with Crippen LogP contribution in [-0.2, 0) is 16.4 Å². The van der Waals surface area contributed by atoms with E-state index >= 15 is 0 Å². The molecule has 0 amide bonds. The van der Waals surface area contributed by atoms with Crippen LogP contribution in [0.15, 0.2) is 17.4 Å². The Kier molecular flexibility index (Phi) is 4.39. The number of nitrogens with one attached hydrogen (secondary N) is 2. The molecule has 0 atom stereocenters. The van der Waals surface area contributed by atoms with Gasteiger partial charge in [0.2, 0.25) is 0 Å². The number of hydrogen-bond donors (Lipinski definition) is 3. The molecule has 0 saturated carbocycles. The topological polar surface area (TPSA) is 114 Å². The molecule has 0 aliphatic carbocycles. The predicted octanol–water partition coefficient (Wildman–Crippen LogP) is 0.540. The minimum atomic E-state index is -3.70. The molecule has 2 aromatic rings. The van der Waals surface area contributed by atoms with Gasteiger partial charge >= 0.3 is 0 Å². The molecule has 0 fully saturated rings. The van der Waals surface area contributed by atoms with Crippen LogP contribution in [0.1, 0.15) is 17.6 Å². The van der Waals surface area contributed by atoms with E-state index in [1.807, 2.05) is 6.92 Å². The molecule has 0 spiro atoms. The molecule has 0 unspecified atom stereocenters. The summed E-state index contributed by atoms with van der Waals surface area (Å²) in [5.41, 5.74) is 5.26. The van der Waals surface area contributed by atoms with Gasteiger partial charge in [-0.15, -0.1) is 0 Å². The Morgan fingerprint density at radius 3 is 2.90 bits per heavy atom. The lowest BCUT2D eigenvalue weighted by Gasteiger charge is -2.01. The monoisotopic (exact) mass is 311 g/mol. The molecule has 2 heterocycles. The van der Waals surface area contributed by atoms with Crippen molar-refractivity contribution in [1.29, 1.82) is 0 Å². The molecule has 0 aromatic carbocycles. The first-order valence-electron chi connectivity index (χ1n) is 5.76. The number of sulfonamides is 1. The van der Waals surface area contributed by atoms with Gasteiger partial charge in [-0.2, -0.15) is 8.42 Å². The zero-order chi connectivity index (χ0) is 14.6. The number of anilines is 1. The molecular formula is C11H13N5O2S2. The molecule has 0 aliphatic heterocycles. The van der Waals surface area contributed by atoms with Crippen LogP contribution in [0.25, 0.3) is 0 Å². The van der Waals surface area contributed by atoms with Gasteiger partial charge in [0.05, 0.1) is 23.8 Å². The molecule has 0 radical (unpaired) electrons. The van der Waals surface area contributed by atoms with Crippen LogP contribution in [0.3, 0.4) is 0 Å². The third kappa shape index (κ3) is 3.36. The highest BCUT2D eigenvalue weighted by molar-refractivity contribution is 7.92. The van der Waals surface area contributed by atoms with E-state index in [-0.39, 0.29) is 16.7 Å². The van der Waals surface area contributed by atoms with Crippen molar-refractivity contribution in [2.45, 2.75) is 18.4 Å². The van der Waals surface area contributed by atoms with Gasteiger partial charge in [-0.25, -0.2) is 9.97 Å². The number of aromatic amines is 1. The van der Waals surface area contributed by atoms with E-state index in [1.54, 1.807) is 0 Å². The van der Waals surface area contributed by atoms with E-state index in [9.17, 15) is 8.42 Å². The second kappa shape index (κ2) is 6.04. The fourth-order valence-electron chi connectivity index (χ4n) is 1.35. The third-order valence-corrected chi connectivity index (χ3v) is 4.48. The summed E-state index contributed by atoms with van der Waals surface area (Å²) in [4.78, 5) is 11.3. The zero-order valence-electron chi connectivity index (χ0n) is 10.7. The highest BCUT2D eigenvalue weighted by Gasteiger charge is 2.18. The van der Waals surface area contributed by atoms with Gasteiger partial charge in [-0.1, -0.05) is 30.1 Å². The van der Waals surface area contributed by atoms with E-state index in [4.69, 9.17) is 5.73 Å². The maximum atomic E-state index is 12.1. The van der Waals surface area contributed by atoms with Gasteiger partial charge in [0.15, 0.2) is 10.2 Å². The lowest BCUT2D eigenvalue weighted by molar-refractivity contribution is 0.598. The van der Waals surface area contributed by atoms with Crippen LogP contribution in [0.5, 0.6) is 0 Å². The smallest absolute Gasteiger partial charge is 0.280 e. The summed E-state index contributed by atoms with van der Waals surface area (Å²) in [5, 5.41) is 0.262. The fourth-order valence-corrected chi connectivity index (χ4v) is 3.22. The normalized spacial score (nSPS) is 10.9. The van der Waals surface area contributed by atoms with Crippen molar-refractivity contribution in [2.75, 3.05) is 11.3 Å². The number of rotatable bonds is 4. The first kappa shape index (κ1) is 14.5. The third-order valence-electron chi connectivity index (χ3n) is 2.27. The summed E-state index contributed by atoms with van der Waals surface area (Å²) in [7, 11) is -3.70. The maximum absolute atomic E-state index is 12.1. The summed E-state index contributed by atoms with van der Waals surface area (Å²) in [6.07, 6.45) is 3.41. The zero-order valence-corrected chi connectivity index (χ0v) is 12.3. The van der Waals surface area contributed by atoms with Crippen LogP contribution in [0.4, 0.5) is 5.13 Å². The van der Waals surface area contributed by atoms with Crippen molar-refractivity contribution in [1.82, 2.24) is 15.0 Å². The van der Waals surface area contributed by atoms with Crippen LogP contribution >= 0.6 is 11.3 Å². The number of nitrogens with two attached hydrogens (primary N) is 1. The summed E-state index contributed by atoms with van der Waals surface area (Å²) in [6.45, 7) is 2.12. The molecule has 7 nitrogen and oxygen atoms in total. The van der Waals surface area contributed by atoms with Crippen molar-refractivity contribution in [3.05, 3.63) is 23.1 Å². The molecular weight excluding hydrogens is 298 g/mol. The second-order valence-corrected chi connectivity index (χ2v) is 6.37. The number of H-pyrrole nitrogens is 1. The number of aryl methyl sites for hydroxylation is 1. The Labute approximate surface area is 120 Å². The predicted molar refractivity (Wildman–Crippen MR) is 76.8 cm³/mol. The SMILES string of the molecule is CCc1ncc(S(=O)(=O)Nc2ncc(C#CCN)s2)[nH]1. The maximum Gasteiger partial charge on any atom is 0.280 e. The van der Waals surface area contributed by atoms with E-state index in [1.165, 1.54) is 12.4 Å². The Bertz CT molecular complexity index is 751. The quantitative estimate of drug-likeness (QED) is 0.713. The first-order chi connectivity index (χ1) is 9.55. The standard InChI is InChI=1S/C11H13N5O2S2/c1-2-9-13-7-10(15-9)20(17,18)16-11-14-6-8(19-11)4-3-5-12/h6-7H,2,5,12H2,1H3,(H,13,15)(H,14,16). The van der Waals surface area contributed by atoms with E-state index in [2.05, 4.69) is 31.5 Å². The van der Waals surface area contributed by atoms with Crippen molar-refractivity contribution in [2.24, 2.45) is 5.73 Å². The number of imidazole rings is 1. The highest BCUT2D eigenvalue weighted by atomic mass is 32.2. The average molecular weight is 311 g/mol. The van der Waals surface area contributed by atoms with Gasteiger partial charge in [0, 0.05) is 6.42 Å². The van der Waals surface area contributed by atoms with Crippen molar-refractivity contribution in [3.63, 3.8) is 0 Å². The highest BCUT2D eigenvalue weighted by Crippen LogP contribution is 2.20. The molecule has 0 bridgehead atoms. The van der Waals surface area contributed by atoms with Gasteiger partial charge in [0.25, 0.3) is 10.0 Å². The number of thiazole rings is 1.